The molecule has 0 spiro atoms. The lowest BCUT2D eigenvalue weighted by atomic mass is 9.60. The Labute approximate surface area is 319 Å². The number of fused-ring (bicyclic) bond motifs is 3. The number of aromatic nitrogens is 3. The van der Waals surface area contributed by atoms with Crippen LogP contribution in [0.3, 0.4) is 0 Å². The van der Waals surface area contributed by atoms with E-state index in [1.54, 1.807) is 0 Å². The van der Waals surface area contributed by atoms with E-state index in [1.165, 1.54) is 5.56 Å². The van der Waals surface area contributed by atoms with Crippen molar-refractivity contribution in [3.05, 3.63) is 146 Å². The van der Waals surface area contributed by atoms with Gasteiger partial charge < -0.3 is 4.42 Å². The SMILES string of the molecule is [B]c1c([B])c([B])c(-c2nc(-c3ccc(-c4ccccc4)cc3)nc(-c3ccc4c(c3)oc3cccc(-c5ccc(-c6ccccc6)cc5)c34)n2)c([B])c1[B]. The molecule has 0 saturated heterocycles. The zero-order valence-corrected chi connectivity index (χ0v) is 29.0. The summed E-state index contributed by atoms with van der Waals surface area (Å²) < 4.78 is 6.48. The van der Waals surface area contributed by atoms with Crippen LogP contribution in [0.2, 0.25) is 0 Å². The van der Waals surface area contributed by atoms with Gasteiger partial charge in [0.05, 0.1) is 0 Å². The van der Waals surface area contributed by atoms with Gasteiger partial charge in [0, 0.05) is 27.5 Å². The average Bonchev–Trinajstić information content (AvgIpc) is 3.61. The first-order valence-corrected chi connectivity index (χ1v) is 17.4. The lowest BCUT2D eigenvalue weighted by Crippen LogP contribution is -2.55. The van der Waals surface area contributed by atoms with Crippen molar-refractivity contribution in [3.8, 4) is 67.5 Å². The fourth-order valence-corrected chi connectivity index (χ4v) is 6.96. The van der Waals surface area contributed by atoms with Crippen LogP contribution in [0.25, 0.3) is 89.5 Å². The molecule has 0 aliphatic carbocycles. The van der Waals surface area contributed by atoms with Crippen LogP contribution < -0.4 is 27.3 Å². The van der Waals surface area contributed by atoms with Gasteiger partial charge in [0.25, 0.3) is 0 Å². The largest absolute Gasteiger partial charge is 0.456 e. The number of benzene rings is 7. The van der Waals surface area contributed by atoms with E-state index in [4.69, 9.17) is 58.6 Å². The molecule has 10 radical (unpaired) electrons. The standard InChI is InChI=1S/C45H24B5N3O/c46-38-37(39(47)41(49)42(50)40(38)48)45-52-43(30-20-16-28(17-21-30)26-10-5-2-6-11-26)51-44(53-45)31-22-23-33-35(24-31)54-34-13-7-12-32(36(33)34)29-18-14-27(15-19-29)25-8-3-1-4-9-25/h1-24H. The van der Waals surface area contributed by atoms with Crippen LogP contribution >= 0.6 is 0 Å². The highest BCUT2D eigenvalue weighted by molar-refractivity contribution is 6.68. The first-order chi connectivity index (χ1) is 26.3. The average molecular weight is 677 g/mol. The van der Waals surface area contributed by atoms with Gasteiger partial charge in [-0.05, 0) is 51.6 Å². The smallest absolute Gasteiger partial charge is 0.164 e. The van der Waals surface area contributed by atoms with Crippen LogP contribution in [0.4, 0.5) is 0 Å². The minimum absolute atomic E-state index is 0.113. The minimum Gasteiger partial charge on any atom is -0.456 e. The Kier molecular flexibility index (Phi) is 8.43. The van der Waals surface area contributed by atoms with Gasteiger partial charge in [0.2, 0.25) is 0 Å². The molecule has 0 aliphatic heterocycles. The number of rotatable bonds is 6. The summed E-state index contributed by atoms with van der Waals surface area (Å²) in [7, 11) is 31.7. The number of nitrogens with zero attached hydrogens (tertiary/aromatic N) is 3. The number of furan rings is 1. The van der Waals surface area contributed by atoms with Crippen molar-refractivity contribution in [3.63, 3.8) is 0 Å². The van der Waals surface area contributed by atoms with Gasteiger partial charge in [-0.1, -0.05) is 138 Å². The minimum atomic E-state index is 0.113. The summed E-state index contributed by atoms with van der Waals surface area (Å²) in [5, 5.41) is 1.99. The molecule has 0 bridgehead atoms. The third-order valence-corrected chi connectivity index (χ3v) is 9.87. The summed E-state index contributed by atoms with van der Waals surface area (Å²) in [5.41, 5.74) is 10.5. The molecule has 0 aliphatic rings. The van der Waals surface area contributed by atoms with Crippen LogP contribution in [0.5, 0.6) is 0 Å². The van der Waals surface area contributed by atoms with Crippen LogP contribution in [0.1, 0.15) is 0 Å². The molecule has 54 heavy (non-hydrogen) atoms. The summed E-state index contributed by atoms with van der Waals surface area (Å²) in [6, 6.07) is 49.2. The van der Waals surface area contributed by atoms with E-state index < -0.39 is 0 Å². The van der Waals surface area contributed by atoms with E-state index in [-0.39, 0.29) is 38.7 Å². The number of hydrogen-bond acceptors (Lipinski definition) is 4. The fourth-order valence-electron chi connectivity index (χ4n) is 6.96. The molecule has 0 fully saturated rings. The van der Waals surface area contributed by atoms with E-state index in [2.05, 4.69) is 54.6 Å². The monoisotopic (exact) mass is 677 g/mol. The summed E-state index contributed by atoms with van der Waals surface area (Å²) in [4.78, 5) is 14.7. The van der Waals surface area contributed by atoms with Crippen LogP contribution in [-0.4, -0.2) is 54.2 Å². The second kappa shape index (κ2) is 13.6. The zero-order chi connectivity index (χ0) is 36.9. The highest BCUT2D eigenvalue weighted by Gasteiger charge is 2.20. The molecular formula is C45H24B5N3O. The molecular weight excluding hydrogens is 653 g/mol. The Morgan fingerprint density at radius 2 is 0.815 bits per heavy atom. The van der Waals surface area contributed by atoms with Crippen LogP contribution in [0, 0.1) is 0 Å². The summed E-state index contributed by atoms with van der Waals surface area (Å²) in [6.45, 7) is 0. The second-order valence-electron chi connectivity index (χ2n) is 13.1. The van der Waals surface area contributed by atoms with Crippen molar-refractivity contribution in [2.24, 2.45) is 0 Å². The van der Waals surface area contributed by atoms with E-state index in [9.17, 15) is 0 Å². The molecule has 2 aromatic heterocycles. The molecule has 0 saturated carbocycles. The van der Waals surface area contributed by atoms with Crippen molar-refractivity contribution < 1.29 is 4.42 Å². The predicted octanol–water partition coefficient (Wildman–Crippen LogP) is 5.74. The molecule has 9 aromatic rings. The predicted molar refractivity (Wildman–Crippen MR) is 227 cm³/mol. The van der Waals surface area contributed by atoms with Gasteiger partial charge in [0.15, 0.2) is 17.5 Å². The molecule has 7 aromatic carbocycles. The Bertz CT molecular complexity index is 2830. The molecule has 0 amide bonds. The summed E-state index contributed by atoms with van der Waals surface area (Å²) in [6.07, 6.45) is 0. The van der Waals surface area contributed by atoms with Gasteiger partial charge in [-0.2, -0.15) is 0 Å². The van der Waals surface area contributed by atoms with Gasteiger partial charge in [-0.3, -0.25) is 0 Å². The van der Waals surface area contributed by atoms with Crippen LogP contribution in [0.15, 0.2) is 150 Å². The lowest BCUT2D eigenvalue weighted by molar-refractivity contribution is 0.669. The molecule has 0 unspecified atom stereocenters. The highest BCUT2D eigenvalue weighted by atomic mass is 16.3. The quantitative estimate of drug-likeness (QED) is 0.211. The third-order valence-electron chi connectivity index (χ3n) is 9.87. The van der Waals surface area contributed by atoms with Crippen molar-refractivity contribution in [1.29, 1.82) is 0 Å². The fraction of sp³-hybridized carbons (Fsp3) is 0. The molecule has 2 heterocycles. The Morgan fingerprint density at radius 3 is 1.41 bits per heavy atom. The third kappa shape index (κ3) is 5.86. The molecule has 9 heteroatoms. The first-order valence-electron chi connectivity index (χ1n) is 17.4. The van der Waals surface area contributed by atoms with Crippen molar-refractivity contribution in [2.75, 3.05) is 0 Å². The van der Waals surface area contributed by atoms with Gasteiger partial charge in [-0.15, -0.1) is 16.4 Å². The zero-order valence-electron chi connectivity index (χ0n) is 29.0. The van der Waals surface area contributed by atoms with Crippen molar-refractivity contribution in [1.82, 2.24) is 15.0 Å². The van der Waals surface area contributed by atoms with Gasteiger partial charge in [0.1, 0.15) is 50.4 Å². The summed E-state index contributed by atoms with van der Waals surface area (Å²) in [5.74, 6) is 1.00. The van der Waals surface area contributed by atoms with Crippen molar-refractivity contribution >= 4 is 88.5 Å². The topological polar surface area (TPSA) is 51.8 Å². The second-order valence-corrected chi connectivity index (χ2v) is 13.1. The Morgan fingerprint density at radius 1 is 0.352 bits per heavy atom. The molecule has 9 rings (SSSR count). The van der Waals surface area contributed by atoms with Crippen LogP contribution in [-0.2, 0) is 0 Å². The maximum Gasteiger partial charge on any atom is 0.164 e. The van der Waals surface area contributed by atoms with E-state index >= 15 is 0 Å². The molecule has 4 nitrogen and oxygen atoms in total. The number of hydrogen-bond donors (Lipinski definition) is 0. The van der Waals surface area contributed by atoms with E-state index in [1.807, 2.05) is 91.0 Å². The normalized spacial score (nSPS) is 11.3. The van der Waals surface area contributed by atoms with E-state index in [0.717, 1.165) is 49.7 Å². The molecule has 240 valence electrons. The lowest BCUT2D eigenvalue weighted by Gasteiger charge is -2.20. The Hall–Kier alpha value is -6.33. The van der Waals surface area contributed by atoms with Gasteiger partial charge >= 0.3 is 0 Å². The van der Waals surface area contributed by atoms with E-state index in [0.29, 0.717) is 22.8 Å². The van der Waals surface area contributed by atoms with Gasteiger partial charge in [-0.25, -0.2) is 15.0 Å². The maximum atomic E-state index is 6.51. The molecule has 0 N–H and O–H groups in total. The maximum absolute atomic E-state index is 6.51. The molecule has 0 atom stereocenters. The first kappa shape index (κ1) is 33.5. The van der Waals surface area contributed by atoms with Crippen molar-refractivity contribution in [2.45, 2.75) is 0 Å². The Balaban J connectivity index is 1.17. The summed E-state index contributed by atoms with van der Waals surface area (Å²) >= 11 is 0. The highest BCUT2D eigenvalue weighted by Crippen LogP contribution is 2.39.